The summed E-state index contributed by atoms with van der Waals surface area (Å²) in [7, 11) is 0. The van der Waals surface area contributed by atoms with Gasteiger partial charge in [0.15, 0.2) is 5.65 Å². The van der Waals surface area contributed by atoms with E-state index in [1.165, 1.54) is 0 Å². The Morgan fingerprint density at radius 2 is 2.06 bits per heavy atom. The first kappa shape index (κ1) is 11.0. The van der Waals surface area contributed by atoms with Crippen LogP contribution in [0.15, 0.2) is 6.07 Å². The predicted octanol–water partition coefficient (Wildman–Crippen LogP) is 1.02. The van der Waals surface area contributed by atoms with Gasteiger partial charge in [-0.15, -0.1) is 10.2 Å². The van der Waals surface area contributed by atoms with Crippen molar-refractivity contribution in [1.29, 1.82) is 0 Å². The second-order valence-electron chi connectivity index (χ2n) is 4.00. The molecule has 0 bridgehead atoms. The first-order valence-corrected chi connectivity index (χ1v) is 5.60. The zero-order valence-corrected chi connectivity index (χ0v) is 9.77. The van der Waals surface area contributed by atoms with Gasteiger partial charge in [0.25, 0.3) is 0 Å². The van der Waals surface area contributed by atoms with Crippen molar-refractivity contribution >= 4 is 5.65 Å². The standard InChI is InChI=1S/C11H17N5/c1-8-7-11-15-14-10(5-3-4-6-12)16(11)9(2)13-8/h7H,3-6,12H2,1-2H3. The van der Waals surface area contributed by atoms with Gasteiger partial charge in [-0.3, -0.25) is 4.40 Å². The summed E-state index contributed by atoms with van der Waals surface area (Å²) >= 11 is 0. The summed E-state index contributed by atoms with van der Waals surface area (Å²) in [6.45, 7) is 4.68. The predicted molar refractivity (Wildman–Crippen MR) is 62.2 cm³/mol. The molecule has 2 heterocycles. The minimum Gasteiger partial charge on any atom is -0.330 e. The summed E-state index contributed by atoms with van der Waals surface area (Å²) in [5.74, 6) is 1.93. The fourth-order valence-electron chi connectivity index (χ4n) is 1.89. The third-order valence-corrected chi connectivity index (χ3v) is 2.61. The van der Waals surface area contributed by atoms with Crippen LogP contribution in [0.2, 0.25) is 0 Å². The summed E-state index contributed by atoms with van der Waals surface area (Å²) in [5, 5.41) is 8.36. The van der Waals surface area contributed by atoms with E-state index < -0.39 is 0 Å². The van der Waals surface area contributed by atoms with Crippen molar-refractivity contribution in [1.82, 2.24) is 19.6 Å². The Balaban J connectivity index is 2.33. The SMILES string of the molecule is Cc1cc2nnc(CCCCN)n2c(C)n1. The maximum absolute atomic E-state index is 5.48. The second-order valence-corrected chi connectivity index (χ2v) is 4.00. The molecular weight excluding hydrogens is 202 g/mol. The van der Waals surface area contributed by atoms with E-state index in [4.69, 9.17) is 5.73 Å². The number of hydrogen-bond donors (Lipinski definition) is 1. The summed E-state index contributed by atoms with van der Waals surface area (Å²) < 4.78 is 2.02. The molecule has 5 nitrogen and oxygen atoms in total. The molecule has 0 saturated carbocycles. The van der Waals surface area contributed by atoms with E-state index >= 15 is 0 Å². The Bertz CT molecular complexity index is 488. The third kappa shape index (κ3) is 2.04. The van der Waals surface area contributed by atoms with Crippen molar-refractivity contribution in [2.45, 2.75) is 33.1 Å². The van der Waals surface area contributed by atoms with Gasteiger partial charge >= 0.3 is 0 Å². The molecule has 0 aliphatic rings. The zero-order chi connectivity index (χ0) is 11.5. The number of nitrogens with two attached hydrogens (primary N) is 1. The summed E-state index contributed by atoms with van der Waals surface area (Å²) in [5.41, 5.74) is 7.34. The van der Waals surface area contributed by atoms with Crippen molar-refractivity contribution in [3.63, 3.8) is 0 Å². The molecule has 0 fully saturated rings. The van der Waals surface area contributed by atoms with Gasteiger partial charge in [0, 0.05) is 18.2 Å². The first-order chi connectivity index (χ1) is 7.72. The van der Waals surface area contributed by atoms with E-state index in [0.717, 1.165) is 48.8 Å². The highest BCUT2D eigenvalue weighted by molar-refractivity contribution is 5.39. The number of fused-ring (bicyclic) bond motifs is 1. The minimum atomic E-state index is 0.729. The van der Waals surface area contributed by atoms with Crippen LogP contribution in [0, 0.1) is 13.8 Å². The Hall–Kier alpha value is -1.49. The average Bonchev–Trinajstić information content (AvgIpc) is 2.62. The molecule has 2 N–H and O–H groups in total. The fraction of sp³-hybridized carbons (Fsp3) is 0.545. The largest absolute Gasteiger partial charge is 0.330 e. The monoisotopic (exact) mass is 219 g/mol. The molecule has 16 heavy (non-hydrogen) atoms. The maximum Gasteiger partial charge on any atom is 0.164 e. The van der Waals surface area contributed by atoms with Crippen LogP contribution in [0.25, 0.3) is 5.65 Å². The van der Waals surface area contributed by atoms with Gasteiger partial charge in [-0.1, -0.05) is 0 Å². The first-order valence-electron chi connectivity index (χ1n) is 5.60. The molecular formula is C11H17N5. The van der Waals surface area contributed by atoms with Gasteiger partial charge in [-0.05, 0) is 33.2 Å². The number of rotatable bonds is 4. The molecule has 2 aromatic heterocycles. The fourth-order valence-corrected chi connectivity index (χ4v) is 1.89. The molecule has 0 atom stereocenters. The Labute approximate surface area is 94.7 Å². The molecule has 2 rings (SSSR count). The van der Waals surface area contributed by atoms with Crippen LogP contribution in [0.3, 0.4) is 0 Å². The van der Waals surface area contributed by atoms with Crippen molar-refractivity contribution in [2.24, 2.45) is 5.73 Å². The Morgan fingerprint density at radius 1 is 1.25 bits per heavy atom. The van der Waals surface area contributed by atoms with Gasteiger partial charge in [0.1, 0.15) is 11.6 Å². The summed E-state index contributed by atoms with van der Waals surface area (Å²) in [6.07, 6.45) is 2.97. The minimum absolute atomic E-state index is 0.729. The molecule has 0 aliphatic heterocycles. The zero-order valence-electron chi connectivity index (χ0n) is 9.77. The van der Waals surface area contributed by atoms with Crippen molar-refractivity contribution in [3.05, 3.63) is 23.4 Å². The van der Waals surface area contributed by atoms with Gasteiger partial charge in [0.05, 0.1) is 0 Å². The lowest BCUT2D eigenvalue weighted by atomic mass is 10.2. The topological polar surface area (TPSA) is 69.1 Å². The average molecular weight is 219 g/mol. The summed E-state index contributed by atoms with van der Waals surface area (Å²) in [4.78, 5) is 4.42. The number of unbranched alkanes of at least 4 members (excludes halogenated alkanes) is 1. The van der Waals surface area contributed by atoms with E-state index in [1.54, 1.807) is 0 Å². The second kappa shape index (κ2) is 4.57. The lowest BCUT2D eigenvalue weighted by Gasteiger charge is -2.03. The van der Waals surface area contributed by atoms with Crippen LogP contribution in [0.1, 0.15) is 30.2 Å². The van der Waals surface area contributed by atoms with Gasteiger partial charge < -0.3 is 5.73 Å². The number of hydrogen-bond acceptors (Lipinski definition) is 4. The molecule has 0 unspecified atom stereocenters. The van der Waals surface area contributed by atoms with Crippen LogP contribution in [0.4, 0.5) is 0 Å². The lowest BCUT2D eigenvalue weighted by molar-refractivity contribution is 0.703. The Morgan fingerprint density at radius 3 is 2.81 bits per heavy atom. The van der Waals surface area contributed by atoms with E-state index in [2.05, 4.69) is 15.2 Å². The Kier molecular flexibility index (Phi) is 3.14. The van der Waals surface area contributed by atoms with E-state index in [-0.39, 0.29) is 0 Å². The molecule has 0 saturated heterocycles. The van der Waals surface area contributed by atoms with Gasteiger partial charge in [-0.2, -0.15) is 0 Å². The molecule has 2 aromatic rings. The van der Waals surface area contributed by atoms with Crippen LogP contribution >= 0.6 is 0 Å². The van der Waals surface area contributed by atoms with Crippen LogP contribution in [-0.4, -0.2) is 26.1 Å². The van der Waals surface area contributed by atoms with Crippen molar-refractivity contribution < 1.29 is 0 Å². The van der Waals surface area contributed by atoms with Gasteiger partial charge in [0.2, 0.25) is 0 Å². The third-order valence-electron chi connectivity index (χ3n) is 2.61. The van der Waals surface area contributed by atoms with Crippen molar-refractivity contribution in [2.75, 3.05) is 6.54 Å². The smallest absolute Gasteiger partial charge is 0.164 e. The van der Waals surface area contributed by atoms with Crippen LogP contribution in [0.5, 0.6) is 0 Å². The number of nitrogens with zero attached hydrogens (tertiary/aromatic N) is 4. The molecule has 0 spiro atoms. The summed E-state index contributed by atoms with van der Waals surface area (Å²) in [6, 6.07) is 1.95. The molecule has 0 aliphatic carbocycles. The molecule has 0 amide bonds. The normalized spacial score (nSPS) is 11.2. The van der Waals surface area contributed by atoms with Crippen molar-refractivity contribution in [3.8, 4) is 0 Å². The highest BCUT2D eigenvalue weighted by Gasteiger charge is 2.08. The molecule has 0 radical (unpaired) electrons. The van der Waals surface area contributed by atoms with Crippen LogP contribution in [-0.2, 0) is 6.42 Å². The molecule has 86 valence electrons. The van der Waals surface area contributed by atoms with E-state index in [0.29, 0.717) is 0 Å². The lowest BCUT2D eigenvalue weighted by Crippen LogP contribution is -2.04. The van der Waals surface area contributed by atoms with Crippen LogP contribution < -0.4 is 5.73 Å². The quantitative estimate of drug-likeness (QED) is 0.779. The molecule has 0 aromatic carbocycles. The highest BCUT2D eigenvalue weighted by Crippen LogP contribution is 2.10. The van der Waals surface area contributed by atoms with E-state index in [1.807, 2.05) is 24.3 Å². The molecule has 5 heteroatoms. The number of aryl methyl sites for hydroxylation is 3. The highest BCUT2D eigenvalue weighted by atomic mass is 15.3. The van der Waals surface area contributed by atoms with E-state index in [9.17, 15) is 0 Å². The number of aromatic nitrogens is 4. The van der Waals surface area contributed by atoms with Gasteiger partial charge in [-0.25, -0.2) is 4.98 Å². The maximum atomic E-state index is 5.48.